The summed E-state index contributed by atoms with van der Waals surface area (Å²) in [6.45, 7) is 11.2. The fourth-order valence-electron chi connectivity index (χ4n) is 2.00. The van der Waals surface area contributed by atoms with Crippen LogP contribution in [0, 0.1) is 19.8 Å². The third-order valence-corrected chi connectivity index (χ3v) is 4.89. The molecule has 0 saturated heterocycles. The number of alkyl halides is 1. The molecule has 0 amide bonds. The van der Waals surface area contributed by atoms with E-state index in [1.165, 1.54) is 16.7 Å². The van der Waals surface area contributed by atoms with Crippen LogP contribution in [0.25, 0.3) is 0 Å². The van der Waals surface area contributed by atoms with Crippen LogP contribution in [0.3, 0.4) is 0 Å². The highest BCUT2D eigenvalue weighted by atomic mass is 79.9. The second-order valence-corrected chi connectivity index (χ2v) is 5.89. The van der Waals surface area contributed by atoms with Crippen LogP contribution in [-0.4, -0.2) is 4.83 Å². The van der Waals surface area contributed by atoms with Crippen LogP contribution in [-0.2, 0) is 0 Å². The molecule has 0 aliphatic carbocycles. The second-order valence-electron chi connectivity index (χ2n) is 4.84. The summed E-state index contributed by atoms with van der Waals surface area (Å²) in [6.07, 6.45) is 0. The Labute approximate surface area is 102 Å². The van der Waals surface area contributed by atoms with Gasteiger partial charge in [0.25, 0.3) is 0 Å². The molecular weight excluding hydrogens is 248 g/mol. The second kappa shape index (κ2) is 5.16. The SMILES string of the molecule is Cc1ccc(C)c(C(C)C(Br)C(C)C)c1. The van der Waals surface area contributed by atoms with Crippen molar-refractivity contribution in [2.45, 2.75) is 45.4 Å². The standard InChI is InChI=1S/C14H21Br/c1-9(2)14(15)12(5)13-8-10(3)6-7-11(13)4/h6-9,12,14H,1-5H3. The zero-order valence-corrected chi connectivity index (χ0v) is 11.9. The zero-order valence-electron chi connectivity index (χ0n) is 10.3. The van der Waals surface area contributed by atoms with Gasteiger partial charge >= 0.3 is 0 Å². The van der Waals surface area contributed by atoms with Crippen molar-refractivity contribution in [2.24, 2.45) is 5.92 Å². The summed E-state index contributed by atoms with van der Waals surface area (Å²) in [6, 6.07) is 6.72. The molecule has 84 valence electrons. The maximum Gasteiger partial charge on any atom is 0.0234 e. The smallest absolute Gasteiger partial charge is 0.0234 e. The Morgan fingerprint density at radius 3 is 2.20 bits per heavy atom. The van der Waals surface area contributed by atoms with Crippen molar-refractivity contribution in [3.63, 3.8) is 0 Å². The van der Waals surface area contributed by atoms with E-state index in [9.17, 15) is 0 Å². The minimum absolute atomic E-state index is 0.554. The number of hydrogen-bond acceptors (Lipinski definition) is 0. The van der Waals surface area contributed by atoms with Gasteiger partial charge in [0.2, 0.25) is 0 Å². The summed E-state index contributed by atoms with van der Waals surface area (Å²) in [5, 5.41) is 0. The summed E-state index contributed by atoms with van der Waals surface area (Å²) >= 11 is 3.80. The average Bonchev–Trinajstić information content (AvgIpc) is 2.19. The Hall–Kier alpha value is -0.300. The van der Waals surface area contributed by atoms with E-state index in [1.807, 2.05) is 0 Å². The van der Waals surface area contributed by atoms with E-state index in [0.29, 0.717) is 16.7 Å². The van der Waals surface area contributed by atoms with Gasteiger partial charge in [-0.25, -0.2) is 0 Å². The van der Waals surface area contributed by atoms with E-state index in [0.717, 1.165) is 0 Å². The predicted molar refractivity (Wildman–Crippen MR) is 71.9 cm³/mol. The molecule has 0 heterocycles. The Bertz CT molecular complexity index is 328. The third-order valence-electron chi connectivity index (χ3n) is 3.04. The molecule has 0 nitrogen and oxygen atoms in total. The van der Waals surface area contributed by atoms with Crippen LogP contribution < -0.4 is 0 Å². The van der Waals surface area contributed by atoms with Gasteiger partial charge in [0.05, 0.1) is 0 Å². The maximum atomic E-state index is 3.80. The molecule has 0 spiro atoms. The van der Waals surface area contributed by atoms with Crippen LogP contribution in [0.15, 0.2) is 18.2 Å². The minimum Gasteiger partial charge on any atom is -0.0881 e. The van der Waals surface area contributed by atoms with E-state index in [-0.39, 0.29) is 0 Å². The lowest BCUT2D eigenvalue weighted by Crippen LogP contribution is -2.16. The lowest BCUT2D eigenvalue weighted by atomic mass is 9.88. The Balaban J connectivity index is 2.99. The van der Waals surface area contributed by atoms with E-state index in [4.69, 9.17) is 0 Å². The number of aryl methyl sites for hydroxylation is 2. The van der Waals surface area contributed by atoms with Crippen molar-refractivity contribution >= 4 is 15.9 Å². The van der Waals surface area contributed by atoms with Crippen molar-refractivity contribution in [1.29, 1.82) is 0 Å². The molecule has 0 fully saturated rings. The monoisotopic (exact) mass is 268 g/mol. The molecular formula is C14H21Br. The molecule has 1 aromatic rings. The first-order chi connectivity index (χ1) is 6.93. The highest BCUT2D eigenvalue weighted by Crippen LogP contribution is 2.32. The fraction of sp³-hybridized carbons (Fsp3) is 0.571. The van der Waals surface area contributed by atoms with Crippen molar-refractivity contribution < 1.29 is 0 Å². The Morgan fingerprint density at radius 1 is 1.07 bits per heavy atom. The molecule has 2 unspecified atom stereocenters. The van der Waals surface area contributed by atoms with Crippen molar-refractivity contribution in [3.05, 3.63) is 34.9 Å². The summed E-state index contributed by atoms with van der Waals surface area (Å²) in [4.78, 5) is 0.554. The fourth-order valence-corrected chi connectivity index (χ4v) is 2.28. The van der Waals surface area contributed by atoms with Gasteiger partial charge in [-0.15, -0.1) is 0 Å². The van der Waals surface area contributed by atoms with Crippen molar-refractivity contribution in [2.75, 3.05) is 0 Å². The molecule has 1 aromatic carbocycles. The van der Waals surface area contributed by atoms with Gasteiger partial charge in [-0.1, -0.05) is 60.5 Å². The average molecular weight is 269 g/mol. The molecule has 0 saturated carbocycles. The van der Waals surface area contributed by atoms with Crippen LogP contribution in [0.5, 0.6) is 0 Å². The first-order valence-corrected chi connectivity index (χ1v) is 6.56. The first kappa shape index (κ1) is 12.8. The lowest BCUT2D eigenvalue weighted by Gasteiger charge is -2.24. The van der Waals surface area contributed by atoms with Gasteiger partial charge in [0.15, 0.2) is 0 Å². The molecule has 2 atom stereocenters. The normalized spacial score (nSPS) is 15.4. The first-order valence-electron chi connectivity index (χ1n) is 5.64. The Morgan fingerprint density at radius 2 is 1.67 bits per heavy atom. The van der Waals surface area contributed by atoms with Gasteiger partial charge in [-0.3, -0.25) is 0 Å². The lowest BCUT2D eigenvalue weighted by molar-refractivity contribution is 0.548. The van der Waals surface area contributed by atoms with Crippen LogP contribution in [0.4, 0.5) is 0 Å². The Kier molecular flexibility index (Phi) is 4.39. The topological polar surface area (TPSA) is 0 Å². The summed E-state index contributed by atoms with van der Waals surface area (Å²) in [5.41, 5.74) is 4.23. The highest BCUT2D eigenvalue weighted by molar-refractivity contribution is 9.09. The molecule has 0 aliphatic heterocycles. The molecule has 0 aromatic heterocycles. The van der Waals surface area contributed by atoms with Crippen molar-refractivity contribution in [3.8, 4) is 0 Å². The molecule has 1 heteroatoms. The van der Waals surface area contributed by atoms with E-state index in [2.05, 4.69) is 68.7 Å². The van der Waals surface area contributed by atoms with Crippen LogP contribution >= 0.6 is 15.9 Å². The maximum absolute atomic E-state index is 3.80. The van der Waals surface area contributed by atoms with Gasteiger partial charge in [-0.05, 0) is 36.8 Å². The van der Waals surface area contributed by atoms with E-state index in [1.54, 1.807) is 0 Å². The van der Waals surface area contributed by atoms with Gasteiger partial charge < -0.3 is 0 Å². The molecule has 0 radical (unpaired) electrons. The number of halogens is 1. The molecule has 0 bridgehead atoms. The molecule has 15 heavy (non-hydrogen) atoms. The number of rotatable bonds is 3. The zero-order chi connectivity index (χ0) is 11.6. The molecule has 0 aliphatic rings. The largest absolute Gasteiger partial charge is 0.0881 e. The van der Waals surface area contributed by atoms with E-state index >= 15 is 0 Å². The molecule has 0 N–H and O–H groups in total. The quantitative estimate of drug-likeness (QED) is 0.690. The highest BCUT2D eigenvalue weighted by Gasteiger charge is 2.20. The summed E-state index contributed by atoms with van der Waals surface area (Å²) in [7, 11) is 0. The van der Waals surface area contributed by atoms with Crippen molar-refractivity contribution in [1.82, 2.24) is 0 Å². The van der Waals surface area contributed by atoms with Gasteiger partial charge in [0, 0.05) is 4.83 Å². The van der Waals surface area contributed by atoms with Gasteiger partial charge in [0.1, 0.15) is 0 Å². The predicted octanol–water partition coefficient (Wildman–Crippen LogP) is 4.83. The van der Waals surface area contributed by atoms with Crippen LogP contribution in [0.1, 0.15) is 43.4 Å². The minimum atomic E-state index is 0.554. The summed E-state index contributed by atoms with van der Waals surface area (Å²) in [5.74, 6) is 1.24. The third kappa shape index (κ3) is 3.07. The van der Waals surface area contributed by atoms with Crippen LogP contribution in [0.2, 0.25) is 0 Å². The number of benzene rings is 1. The molecule has 1 rings (SSSR count). The number of hydrogen-bond donors (Lipinski definition) is 0. The summed E-state index contributed by atoms with van der Waals surface area (Å²) < 4.78 is 0. The van der Waals surface area contributed by atoms with E-state index < -0.39 is 0 Å². The van der Waals surface area contributed by atoms with Gasteiger partial charge in [-0.2, -0.15) is 0 Å².